The largest absolute Gasteiger partial charge is 0.543 e. The van der Waals surface area contributed by atoms with Crippen molar-refractivity contribution in [2.24, 2.45) is 0 Å². The topological polar surface area (TPSA) is 18.5 Å². The lowest BCUT2D eigenvalue weighted by molar-refractivity contribution is 0.346. The number of rotatable bonds is 0. The lowest BCUT2D eigenvalue weighted by Crippen LogP contribution is -2.44. The molecule has 0 aromatic heterocycles. The summed E-state index contributed by atoms with van der Waals surface area (Å²) in [5.41, 5.74) is 0. The van der Waals surface area contributed by atoms with Gasteiger partial charge in [-0.25, -0.2) is 0 Å². The number of allylic oxidation sites excluding steroid dienone is 4. The van der Waals surface area contributed by atoms with E-state index in [0.29, 0.717) is 0 Å². The average molecular weight is 307 g/mol. The molecular formula is C16H26O2Si2. The van der Waals surface area contributed by atoms with E-state index in [1.165, 1.54) is 47.6 Å². The first kappa shape index (κ1) is 14.5. The molecule has 0 fully saturated rings. The molecule has 0 aromatic rings. The third-order valence-corrected chi connectivity index (χ3v) is 9.64. The summed E-state index contributed by atoms with van der Waals surface area (Å²) in [6.45, 7) is 9.30. The molecule has 2 aliphatic carbocycles. The van der Waals surface area contributed by atoms with E-state index in [4.69, 9.17) is 8.85 Å². The van der Waals surface area contributed by atoms with Crippen molar-refractivity contribution >= 4 is 16.6 Å². The minimum absolute atomic E-state index is 1.10. The Labute approximate surface area is 125 Å². The van der Waals surface area contributed by atoms with Gasteiger partial charge >= 0.3 is 0 Å². The Bertz CT molecular complexity index is 431. The molecule has 2 radical (unpaired) electrons. The Morgan fingerprint density at radius 1 is 0.750 bits per heavy atom. The minimum atomic E-state index is -1.86. The van der Waals surface area contributed by atoms with Gasteiger partial charge in [-0.2, -0.15) is 0 Å². The lowest BCUT2D eigenvalue weighted by Gasteiger charge is -2.42. The molecule has 1 aliphatic heterocycles. The Hall–Kier alpha value is -0.486. The van der Waals surface area contributed by atoms with E-state index >= 15 is 0 Å². The van der Waals surface area contributed by atoms with Crippen LogP contribution in [-0.2, 0) is 8.85 Å². The van der Waals surface area contributed by atoms with Crippen molar-refractivity contribution in [3.8, 4) is 0 Å². The van der Waals surface area contributed by atoms with Gasteiger partial charge in [-0.15, -0.1) is 0 Å². The first-order valence-electron chi connectivity index (χ1n) is 7.92. The molecule has 3 aliphatic rings. The van der Waals surface area contributed by atoms with Gasteiger partial charge < -0.3 is 8.85 Å². The first-order valence-corrected chi connectivity index (χ1v) is 13.7. The molecule has 110 valence electrons. The smallest absolute Gasteiger partial charge is 0.276 e. The van der Waals surface area contributed by atoms with Gasteiger partial charge in [0.15, 0.2) is 0 Å². The highest BCUT2D eigenvalue weighted by atomic mass is 28.4. The van der Waals surface area contributed by atoms with Gasteiger partial charge in [0.2, 0.25) is 0 Å². The van der Waals surface area contributed by atoms with Gasteiger partial charge in [-0.1, -0.05) is 0 Å². The Balaban J connectivity index is 2.06. The van der Waals surface area contributed by atoms with Gasteiger partial charge in [-0.3, -0.25) is 0 Å². The maximum Gasteiger partial charge on any atom is 0.276 e. The molecule has 3 rings (SSSR count). The minimum Gasteiger partial charge on any atom is -0.543 e. The maximum atomic E-state index is 6.64. The quantitative estimate of drug-likeness (QED) is 0.598. The Morgan fingerprint density at radius 2 is 1.15 bits per heavy atom. The highest BCUT2D eigenvalue weighted by Gasteiger charge is 2.43. The van der Waals surface area contributed by atoms with E-state index in [9.17, 15) is 0 Å². The van der Waals surface area contributed by atoms with Crippen molar-refractivity contribution in [3.63, 3.8) is 0 Å². The molecule has 2 nitrogen and oxygen atoms in total. The van der Waals surface area contributed by atoms with E-state index in [0.717, 1.165) is 12.8 Å². The summed E-state index contributed by atoms with van der Waals surface area (Å²) in [7, 11) is -3.73. The molecule has 0 amide bonds. The molecule has 4 heteroatoms. The van der Waals surface area contributed by atoms with Crippen LogP contribution in [0.15, 0.2) is 21.9 Å². The second kappa shape index (κ2) is 5.06. The van der Waals surface area contributed by atoms with E-state index in [1.807, 2.05) is 0 Å². The summed E-state index contributed by atoms with van der Waals surface area (Å²) in [5, 5.41) is 2.86. The third kappa shape index (κ3) is 2.52. The van der Waals surface area contributed by atoms with Crippen LogP contribution in [0.4, 0.5) is 0 Å². The van der Waals surface area contributed by atoms with Crippen LogP contribution in [0.25, 0.3) is 0 Å². The number of hydrogen-bond acceptors (Lipinski definition) is 2. The average Bonchev–Trinajstić information content (AvgIpc) is 2.37. The maximum absolute atomic E-state index is 6.64. The second-order valence-corrected chi connectivity index (χ2v) is 14.6. The zero-order chi connectivity index (χ0) is 14.4. The molecule has 0 atom stereocenters. The standard InChI is InChI=1S/C16H26O2Si2/c1-19(2)15-11-7-5-9-13(15)18-20(3,4)16-12-8-6-10-14(16)17-19/h11-12H,5-10H2,1-4H3. The van der Waals surface area contributed by atoms with Crippen molar-refractivity contribution < 1.29 is 8.85 Å². The Kier molecular flexibility index (Phi) is 3.65. The molecule has 0 unspecified atom stereocenters. The lowest BCUT2D eigenvalue weighted by atomic mass is 10.1. The van der Waals surface area contributed by atoms with Gasteiger partial charge in [0.05, 0.1) is 11.5 Å². The third-order valence-electron chi connectivity index (χ3n) is 4.57. The summed E-state index contributed by atoms with van der Waals surface area (Å²) in [6.07, 6.45) is 11.8. The van der Waals surface area contributed by atoms with Crippen molar-refractivity contribution in [3.05, 3.63) is 34.8 Å². The summed E-state index contributed by atoms with van der Waals surface area (Å²) >= 11 is 0. The first-order chi connectivity index (χ1) is 9.40. The molecule has 0 aromatic carbocycles. The highest BCUT2D eigenvalue weighted by molar-refractivity contribution is 6.82. The van der Waals surface area contributed by atoms with Crippen LogP contribution in [0.2, 0.25) is 26.2 Å². The van der Waals surface area contributed by atoms with Crippen molar-refractivity contribution in [1.82, 2.24) is 0 Å². The van der Waals surface area contributed by atoms with Crippen molar-refractivity contribution in [1.29, 1.82) is 0 Å². The van der Waals surface area contributed by atoms with Crippen LogP contribution in [0.5, 0.6) is 0 Å². The molecule has 0 saturated heterocycles. The molecule has 20 heavy (non-hydrogen) atoms. The summed E-state index contributed by atoms with van der Waals surface area (Å²) < 4.78 is 13.3. The second-order valence-electron chi connectivity index (χ2n) is 7.09. The van der Waals surface area contributed by atoms with E-state index in [1.54, 1.807) is 0 Å². The van der Waals surface area contributed by atoms with Crippen LogP contribution in [0.3, 0.4) is 0 Å². The fourth-order valence-corrected chi connectivity index (χ4v) is 8.66. The molecular weight excluding hydrogens is 280 g/mol. The van der Waals surface area contributed by atoms with Gasteiger partial charge in [0.25, 0.3) is 16.6 Å². The molecule has 0 N–H and O–H groups in total. The molecule has 1 heterocycles. The van der Waals surface area contributed by atoms with Gasteiger partial charge in [0, 0.05) is 12.8 Å². The van der Waals surface area contributed by atoms with Crippen LogP contribution < -0.4 is 0 Å². The van der Waals surface area contributed by atoms with Crippen LogP contribution in [0, 0.1) is 12.8 Å². The highest BCUT2D eigenvalue weighted by Crippen LogP contribution is 2.42. The van der Waals surface area contributed by atoms with Crippen LogP contribution in [-0.4, -0.2) is 16.6 Å². The Morgan fingerprint density at radius 3 is 1.55 bits per heavy atom. The summed E-state index contributed by atoms with van der Waals surface area (Å²) in [6, 6.07) is 0. The predicted molar refractivity (Wildman–Crippen MR) is 87.5 cm³/mol. The monoisotopic (exact) mass is 306 g/mol. The van der Waals surface area contributed by atoms with Crippen LogP contribution >= 0.6 is 0 Å². The predicted octanol–water partition coefficient (Wildman–Crippen LogP) is 4.81. The van der Waals surface area contributed by atoms with E-state index in [-0.39, 0.29) is 0 Å². The number of hydrogen-bond donors (Lipinski definition) is 0. The molecule has 0 bridgehead atoms. The summed E-state index contributed by atoms with van der Waals surface area (Å²) in [4.78, 5) is 0. The zero-order valence-electron chi connectivity index (χ0n) is 13.2. The fourth-order valence-electron chi connectivity index (χ4n) is 3.62. The van der Waals surface area contributed by atoms with E-state index in [2.05, 4.69) is 39.0 Å². The summed E-state index contributed by atoms with van der Waals surface area (Å²) in [5.74, 6) is 2.52. The molecule has 0 spiro atoms. The zero-order valence-corrected chi connectivity index (χ0v) is 15.2. The molecule has 0 saturated carbocycles. The van der Waals surface area contributed by atoms with Crippen LogP contribution in [0.1, 0.15) is 38.5 Å². The normalized spacial score (nSPS) is 28.6. The van der Waals surface area contributed by atoms with Crippen molar-refractivity contribution in [2.45, 2.75) is 64.7 Å². The SMILES string of the molecule is C[Si]1(C)OC2=C([CH]CCC2)[Si](C)(C)OC2=C1[CH]CCC2. The van der Waals surface area contributed by atoms with Crippen molar-refractivity contribution in [2.75, 3.05) is 0 Å². The van der Waals surface area contributed by atoms with Gasteiger partial charge in [-0.05, 0) is 75.1 Å². The van der Waals surface area contributed by atoms with Gasteiger partial charge in [0.1, 0.15) is 0 Å². The van der Waals surface area contributed by atoms with E-state index < -0.39 is 16.6 Å². The fraction of sp³-hybridized carbons (Fsp3) is 0.625.